The molecule has 0 saturated heterocycles. The first-order valence-electron chi connectivity index (χ1n) is 7.93. The van der Waals surface area contributed by atoms with Crippen LogP contribution >= 0.6 is 0 Å². The molecule has 0 unspecified atom stereocenters. The zero-order valence-electron chi connectivity index (χ0n) is 15.7. The molecule has 1 radical (unpaired) electrons. The van der Waals surface area contributed by atoms with Gasteiger partial charge in [0.25, 0.3) is 0 Å². The Labute approximate surface area is 175 Å². The molecule has 135 valence electrons. The Morgan fingerprint density at radius 1 is 1.20 bits per heavy atom. The molecule has 0 saturated carbocycles. The van der Waals surface area contributed by atoms with Crippen molar-refractivity contribution in [1.29, 1.82) is 0 Å². The minimum Gasteiger partial charge on any atom is -0.371 e. The average Bonchev–Trinajstić information content (AvgIpc) is 2.58. The van der Waals surface area contributed by atoms with Crippen LogP contribution in [0.1, 0.15) is 25.0 Å². The number of benzene rings is 1. The molecule has 1 aliphatic heterocycles. The number of hydrogen-bond donors (Lipinski definition) is 2. The minimum atomic E-state index is -0.463. The molecule has 1 aromatic heterocycles. The zero-order chi connectivity index (χ0) is 16.8. The van der Waals surface area contributed by atoms with Gasteiger partial charge >= 0.3 is 0 Å². The predicted molar refractivity (Wildman–Crippen MR) is 99.1 cm³/mol. The molecule has 25 heavy (non-hydrogen) atoms. The predicted octanol–water partition coefficient (Wildman–Crippen LogP) is 3.86. The Kier molecular flexibility index (Phi) is 11.0. The summed E-state index contributed by atoms with van der Waals surface area (Å²) in [5, 5.41) is 5.83. The van der Waals surface area contributed by atoms with Gasteiger partial charge in [-0.25, -0.2) is 9.37 Å². The fraction of sp³-hybridized carbons (Fsp3) is 0.389. The van der Waals surface area contributed by atoms with E-state index < -0.39 is 5.82 Å². The van der Waals surface area contributed by atoms with Gasteiger partial charge in [-0.1, -0.05) is 19.9 Å². The third-order valence-corrected chi connectivity index (χ3v) is 3.65. The second-order valence-corrected chi connectivity index (χ2v) is 5.24. The molecule has 1 aliphatic rings. The summed E-state index contributed by atoms with van der Waals surface area (Å²) in [4.78, 5) is 10.3. The Balaban J connectivity index is 0.00000139. The van der Waals surface area contributed by atoms with Crippen LogP contribution in [0.5, 0.6) is 0 Å². The van der Waals surface area contributed by atoms with Crippen molar-refractivity contribution in [3.63, 3.8) is 0 Å². The minimum absolute atomic E-state index is 0. The number of nitrogens with zero attached hydrogens (tertiary/aromatic N) is 3. The van der Waals surface area contributed by atoms with Crippen molar-refractivity contribution in [2.24, 2.45) is 0 Å². The Hall–Kier alpha value is -1.11. The molecule has 0 atom stereocenters. The second kappa shape index (κ2) is 11.5. The van der Waals surface area contributed by atoms with Gasteiger partial charge in [0, 0.05) is 58.5 Å². The molecule has 0 amide bonds. The molecule has 0 bridgehead atoms. The maximum atomic E-state index is 13.4. The van der Waals surface area contributed by atoms with E-state index >= 15 is 0 Å². The van der Waals surface area contributed by atoms with Crippen molar-refractivity contribution in [2.75, 3.05) is 31.3 Å². The first-order chi connectivity index (χ1) is 11.2. The van der Waals surface area contributed by atoms with Gasteiger partial charge in [0.2, 0.25) is 5.95 Å². The molecule has 0 fully saturated rings. The standard InChI is InChI=1S/C15H18FN5.C2H6.CH3.Y/c1-17-14-13(16)8-18-15(20-14)19-12-4-3-10-5-6-21(2)9-11(10)7-12;1-2;;/h3-4,7-8H,5-6,9H2,1-2H3,(H2,17,18,19,20);1-2H3;1H3;/q;;-1;. The number of nitrogens with one attached hydrogen (secondary N) is 2. The third-order valence-electron chi connectivity index (χ3n) is 3.65. The number of aromatic nitrogens is 2. The SMILES string of the molecule is CC.CNc1nc(Nc2ccc3c(c2)CN(C)CC3)ncc1F.[CH3-].[Y]. The number of rotatable bonds is 3. The van der Waals surface area contributed by atoms with Crippen LogP contribution in [0.15, 0.2) is 24.4 Å². The van der Waals surface area contributed by atoms with Crippen LogP contribution < -0.4 is 10.6 Å². The summed E-state index contributed by atoms with van der Waals surface area (Å²) < 4.78 is 13.4. The van der Waals surface area contributed by atoms with Crippen molar-refractivity contribution >= 4 is 17.5 Å². The van der Waals surface area contributed by atoms with E-state index in [1.54, 1.807) is 7.05 Å². The van der Waals surface area contributed by atoms with E-state index in [0.717, 1.165) is 31.4 Å². The summed E-state index contributed by atoms with van der Waals surface area (Å²) in [7, 11) is 3.75. The van der Waals surface area contributed by atoms with Crippen LogP contribution in [-0.4, -0.2) is 35.5 Å². The van der Waals surface area contributed by atoms with Crippen LogP contribution in [0.25, 0.3) is 0 Å². The van der Waals surface area contributed by atoms with Crippen molar-refractivity contribution in [1.82, 2.24) is 14.9 Å². The first kappa shape index (κ1) is 23.9. The van der Waals surface area contributed by atoms with Gasteiger partial charge in [-0.15, -0.1) is 0 Å². The molecule has 2 aromatic rings. The van der Waals surface area contributed by atoms with Gasteiger partial charge in [-0.3, -0.25) is 0 Å². The van der Waals surface area contributed by atoms with E-state index in [0.29, 0.717) is 5.95 Å². The number of likely N-dealkylation sites (N-methyl/N-ethyl adjacent to an activating group) is 1. The van der Waals surface area contributed by atoms with Gasteiger partial charge in [0.15, 0.2) is 11.6 Å². The molecular formula is C18H27FN5Y-. The summed E-state index contributed by atoms with van der Waals surface area (Å²) in [6, 6.07) is 6.25. The topological polar surface area (TPSA) is 53.1 Å². The number of halogens is 1. The Morgan fingerprint density at radius 2 is 1.92 bits per heavy atom. The summed E-state index contributed by atoms with van der Waals surface area (Å²) in [5.41, 5.74) is 3.61. The zero-order valence-corrected chi connectivity index (χ0v) is 18.6. The van der Waals surface area contributed by atoms with E-state index in [9.17, 15) is 4.39 Å². The molecular weight excluding hydrogens is 394 g/mol. The van der Waals surface area contributed by atoms with Gasteiger partial charge in [0.05, 0.1) is 6.20 Å². The molecule has 0 aliphatic carbocycles. The fourth-order valence-corrected chi connectivity index (χ4v) is 2.51. The van der Waals surface area contributed by atoms with Crippen molar-refractivity contribution in [3.05, 3.63) is 48.8 Å². The summed E-state index contributed by atoms with van der Waals surface area (Å²) in [6.07, 6.45) is 2.23. The number of hydrogen-bond acceptors (Lipinski definition) is 5. The van der Waals surface area contributed by atoms with E-state index in [-0.39, 0.29) is 46.0 Å². The third kappa shape index (κ3) is 6.28. The largest absolute Gasteiger partial charge is 0.371 e. The second-order valence-electron chi connectivity index (χ2n) is 5.24. The summed E-state index contributed by atoms with van der Waals surface area (Å²) in [6.45, 7) is 6.03. The normalized spacial score (nSPS) is 12.5. The van der Waals surface area contributed by atoms with Crippen LogP contribution in [0.4, 0.5) is 21.8 Å². The Morgan fingerprint density at radius 3 is 2.60 bits per heavy atom. The molecule has 7 heteroatoms. The Bertz CT molecular complexity index is 666. The molecule has 1 aromatic carbocycles. The van der Waals surface area contributed by atoms with Crippen molar-refractivity contribution < 1.29 is 37.1 Å². The smallest absolute Gasteiger partial charge is 0.229 e. The average molecular weight is 421 g/mol. The molecule has 2 heterocycles. The van der Waals surface area contributed by atoms with Gasteiger partial charge < -0.3 is 23.0 Å². The fourth-order valence-electron chi connectivity index (χ4n) is 2.51. The monoisotopic (exact) mass is 421 g/mol. The van der Waals surface area contributed by atoms with Crippen molar-refractivity contribution in [3.8, 4) is 0 Å². The molecule has 2 N–H and O–H groups in total. The van der Waals surface area contributed by atoms with Crippen LogP contribution in [0.2, 0.25) is 0 Å². The van der Waals surface area contributed by atoms with Gasteiger partial charge in [-0.05, 0) is 36.7 Å². The van der Waals surface area contributed by atoms with E-state index in [1.165, 1.54) is 11.1 Å². The molecule has 0 spiro atoms. The quantitative estimate of drug-likeness (QED) is 0.738. The van der Waals surface area contributed by atoms with E-state index in [2.05, 4.69) is 44.7 Å². The van der Waals surface area contributed by atoms with Crippen molar-refractivity contribution in [2.45, 2.75) is 26.8 Å². The van der Waals surface area contributed by atoms with E-state index in [4.69, 9.17) is 0 Å². The van der Waals surface area contributed by atoms with Crippen LogP contribution in [-0.2, 0) is 45.7 Å². The molecule has 5 nitrogen and oxygen atoms in total. The summed E-state index contributed by atoms with van der Waals surface area (Å²) in [5.74, 6) is 0.102. The maximum absolute atomic E-state index is 13.4. The summed E-state index contributed by atoms with van der Waals surface area (Å²) >= 11 is 0. The number of fused-ring (bicyclic) bond motifs is 1. The van der Waals surface area contributed by atoms with Crippen LogP contribution in [0.3, 0.4) is 0 Å². The molecule has 3 rings (SSSR count). The van der Waals surface area contributed by atoms with Gasteiger partial charge in [0.1, 0.15) is 0 Å². The first-order valence-corrected chi connectivity index (χ1v) is 7.93. The van der Waals surface area contributed by atoms with Crippen LogP contribution in [0, 0.1) is 13.2 Å². The van der Waals surface area contributed by atoms with E-state index in [1.807, 2.05) is 19.9 Å². The van der Waals surface area contributed by atoms with Gasteiger partial charge in [-0.2, -0.15) is 4.98 Å². The maximum Gasteiger partial charge on any atom is 0.229 e. The number of anilines is 3.